The van der Waals surface area contributed by atoms with E-state index < -0.39 is 5.54 Å². The first kappa shape index (κ1) is 14.3. The lowest BCUT2D eigenvalue weighted by molar-refractivity contribution is -0.144. The zero-order chi connectivity index (χ0) is 14.9. The first-order chi connectivity index (χ1) is 9.37. The molecule has 2 heterocycles. The van der Waals surface area contributed by atoms with Crippen LogP contribution in [0.5, 0.6) is 0 Å². The Labute approximate surface area is 117 Å². The van der Waals surface area contributed by atoms with Crippen molar-refractivity contribution < 1.29 is 9.59 Å². The van der Waals surface area contributed by atoms with Crippen molar-refractivity contribution in [3.63, 3.8) is 0 Å². The van der Waals surface area contributed by atoms with Crippen LogP contribution in [0.1, 0.15) is 24.2 Å². The summed E-state index contributed by atoms with van der Waals surface area (Å²) < 4.78 is 0. The Bertz CT molecular complexity index is 543. The molecule has 7 nitrogen and oxygen atoms in total. The zero-order valence-electron chi connectivity index (χ0n) is 11.9. The van der Waals surface area contributed by atoms with Crippen LogP contribution >= 0.6 is 0 Å². The van der Waals surface area contributed by atoms with Crippen molar-refractivity contribution in [3.8, 4) is 0 Å². The quantitative estimate of drug-likeness (QED) is 0.589. The van der Waals surface area contributed by atoms with Crippen LogP contribution in [0, 0.1) is 0 Å². The lowest BCUT2D eigenvalue weighted by Crippen LogP contribution is -2.63. The number of hydrazine groups is 1. The molecule has 0 radical (unpaired) electrons. The molecule has 0 atom stereocenters. The van der Waals surface area contributed by atoms with Crippen LogP contribution in [-0.2, 0) is 4.79 Å². The Hall–Kier alpha value is -2.15. The van der Waals surface area contributed by atoms with Gasteiger partial charge in [0, 0.05) is 31.9 Å². The third kappa shape index (κ3) is 2.32. The van der Waals surface area contributed by atoms with Gasteiger partial charge in [0.1, 0.15) is 11.4 Å². The summed E-state index contributed by atoms with van der Waals surface area (Å²) in [4.78, 5) is 32.0. The molecule has 1 aliphatic rings. The maximum atomic E-state index is 12.6. The van der Waals surface area contributed by atoms with E-state index in [1.165, 1.54) is 6.20 Å². The van der Waals surface area contributed by atoms with Crippen molar-refractivity contribution >= 4 is 17.6 Å². The van der Waals surface area contributed by atoms with E-state index in [-0.39, 0.29) is 11.8 Å². The van der Waals surface area contributed by atoms with E-state index >= 15 is 0 Å². The van der Waals surface area contributed by atoms with Gasteiger partial charge in [-0.05, 0) is 26.0 Å². The summed E-state index contributed by atoms with van der Waals surface area (Å²) in [6, 6.07) is 3.18. The van der Waals surface area contributed by atoms with Gasteiger partial charge in [-0.1, -0.05) is 0 Å². The summed E-state index contributed by atoms with van der Waals surface area (Å²) in [6.07, 6.45) is 1.51. The molecule has 0 aromatic carbocycles. The summed E-state index contributed by atoms with van der Waals surface area (Å²) >= 11 is 0. The minimum absolute atomic E-state index is 0.0664. The molecule has 20 heavy (non-hydrogen) atoms. The fourth-order valence-electron chi connectivity index (χ4n) is 2.37. The lowest BCUT2D eigenvalue weighted by atomic mass is 9.96. The third-order valence-corrected chi connectivity index (χ3v) is 3.60. The van der Waals surface area contributed by atoms with E-state index in [1.54, 1.807) is 42.8 Å². The first-order valence-corrected chi connectivity index (χ1v) is 6.38. The van der Waals surface area contributed by atoms with Crippen LogP contribution in [0.3, 0.4) is 0 Å². The molecular weight excluding hydrogens is 258 g/mol. The monoisotopic (exact) mass is 277 g/mol. The number of anilines is 1. The van der Waals surface area contributed by atoms with Crippen molar-refractivity contribution in [3.05, 3.63) is 23.9 Å². The predicted octanol–water partition coefficient (Wildman–Crippen LogP) is 0.0600. The van der Waals surface area contributed by atoms with Crippen LogP contribution in [-0.4, -0.2) is 52.3 Å². The van der Waals surface area contributed by atoms with Crippen LogP contribution < -0.4 is 11.3 Å². The Balaban J connectivity index is 2.30. The summed E-state index contributed by atoms with van der Waals surface area (Å²) in [5, 5.41) is 0. The number of piperazine rings is 1. The van der Waals surface area contributed by atoms with E-state index in [9.17, 15) is 9.59 Å². The highest BCUT2D eigenvalue weighted by Gasteiger charge is 2.43. The maximum absolute atomic E-state index is 12.6. The minimum atomic E-state index is -0.857. The minimum Gasteiger partial charge on any atom is -0.342 e. The molecule has 0 spiro atoms. The second-order valence-corrected chi connectivity index (χ2v) is 5.32. The van der Waals surface area contributed by atoms with Crippen LogP contribution in [0.25, 0.3) is 0 Å². The third-order valence-electron chi connectivity index (χ3n) is 3.60. The number of hydrogen-bond acceptors (Lipinski definition) is 5. The Morgan fingerprint density at radius 3 is 2.80 bits per heavy atom. The standard InChI is InChI=1S/C13H19N5O2/c1-13(2)12(20)17(3)6-7-18(13)11(19)9-4-5-15-10(8-9)16-14/h4-5,8H,6-7,14H2,1-3H3,(H,15,16). The normalized spacial score (nSPS) is 18.1. The van der Waals surface area contributed by atoms with Gasteiger partial charge in [-0.2, -0.15) is 0 Å². The van der Waals surface area contributed by atoms with Gasteiger partial charge in [-0.3, -0.25) is 9.59 Å². The molecule has 0 aliphatic carbocycles. The van der Waals surface area contributed by atoms with E-state index in [4.69, 9.17) is 5.84 Å². The highest BCUT2D eigenvalue weighted by atomic mass is 16.2. The SMILES string of the molecule is CN1CCN(C(=O)c2ccnc(NN)c2)C(C)(C)C1=O. The number of pyridine rings is 1. The highest BCUT2D eigenvalue weighted by Crippen LogP contribution is 2.24. The van der Waals surface area contributed by atoms with Crippen LogP contribution in [0.2, 0.25) is 0 Å². The number of carbonyl (C=O) groups is 2. The number of nitrogens with zero attached hydrogens (tertiary/aromatic N) is 3. The number of carbonyl (C=O) groups excluding carboxylic acids is 2. The molecule has 1 saturated heterocycles. The number of amides is 2. The van der Waals surface area contributed by atoms with Gasteiger partial charge >= 0.3 is 0 Å². The van der Waals surface area contributed by atoms with Gasteiger partial charge in [0.15, 0.2) is 0 Å². The van der Waals surface area contributed by atoms with Gasteiger partial charge < -0.3 is 15.2 Å². The molecule has 1 aromatic rings. The molecule has 1 aliphatic heterocycles. The zero-order valence-corrected chi connectivity index (χ0v) is 11.9. The Morgan fingerprint density at radius 1 is 1.45 bits per heavy atom. The van der Waals surface area contributed by atoms with E-state index in [2.05, 4.69) is 10.4 Å². The molecule has 108 valence electrons. The van der Waals surface area contributed by atoms with Crippen molar-refractivity contribution in [1.82, 2.24) is 14.8 Å². The van der Waals surface area contributed by atoms with Gasteiger partial charge in [-0.15, -0.1) is 0 Å². The second kappa shape index (κ2) is 5.09. The fraction of sp³-hybridized carbons (Fsp3) is 0.462. The molecule has 1 aromatic heterocycles. The number of likely N-dealkylation sites (N-methyl/N-ethyl adjacent to an activating group) is 1. The Morgan fingerprint density at radius 2 is 2.15 bits per heavy atom. The van der Waals surface area contributed by atoms with Gasteiger partial charge in [0.25, 0.3) is 5.91 Å². The smallest absolute Gasteiger partial charge is 0.254 e. The number of rotatable bonds is 2. The molecule has 2 amide bonds. The van der Waals surface area contributed by atoms with Gasteiger partial charge in [0.05, 0.1) is 0 Å². The number of nitrogen functional groups attached to an aromatic ring is 1. The fourth-order valence-corrected chi connectivity index (χ4v) is 2.37. The molecule has 0 saturated carbocycles. The maximum Gasteiger partial charge on any atom is 0.254 e. The highest BCUT2D eigenvalue weighted by molar-refractivity contribution is 6.00. The molecule has 3 N–H and O–H groups in total. The first-order valence-electron chi connectivity index (χ1n) is 6.38. The van der Waals surface area contributed by atoms with Crippen LogP contribution in [0.15, 0.2) is 18.3 Å². The van der Waals surface area contributed by atoms with E-state index in [1.807, 2.05) is 0 Å². The van der Waals surface area contributed by atoms with Crippen molar-refractivity contribution in [1.29, 1.82) is 0 Å². The average molecular weight is 277 g/mol. The van der Waals surface area contributed by atoms with E-state index in [0.717, 1.165) is 0 Å². The molecule has 0 unspecified atom stereocenters. The molecular formula is C13H19N5O2. The summed E-state index contributed by atoms with van der Waals surface area (Å²) in [5.41, 5.74) is 2.00. The summed E-state index contributed by atoms with van der Waals surface area (Å²) in [6.45, 7) is 4.54. The second-order valence-electron chi connectivity index (χ2n) is 5.32. The van der Waals surface area contributed by atoms with Gasteiger partial charge in [0.2, 0.25) is 5.91 Å². The number of aromatic nitrogens is 1. The summed E-state index contributed by atoms with van der Waals surface area (Å²) in [5.74, 6) is 5.44. The molecule has 7 heteroatoms. The van der Waals surface area contributed by atoms with Crippen molar-refractivity contribution in [2.75, 3.05) is 25.6 Å². The van der Waals surface area contributed by atoms with Gasteiger partial charge in [-0.25, -0.2) is 10.8 Å². The predicted molar refractivity (Wildman–Crippen MR) is 74.8 cm³/mol. The number of nitrogens with two attached hydrogens (primary N) is 1. The Kier molecular flexibility index (Phi) is 3.63. The number of hydrogen-bond donors (Lipinski definition) is 2. The summed E-state index contributed by atoms with van der Waals surface area (Å²) in [7, 11) is 1.74. The topological polar surface area (TPSA) is 91.6 Å². The molecule has 0 bridgehead atoms. The lowest BCUT2D eigenvalue weighted by Gasteiger charge is -2.44. The van der Waals surface area contributed by atoms with E-state index in [0.29, 0.717) is 24.5 Å². The van der Waals surface area contributed by atoms with Crippen LogP contribution in [0.4, 0.5) is 5.82 Å². The largest absolute Gasteiger partial charge is 0.342 e. The average Bonchev–Trinajstić information content (AvgIpc) is 2.44. The van der Waals surface area contributed by atoms with Crippen molar-refractivity contribution in [2.45, 2.75) is 19.4 Å². The van der Waals surface area contributed by atoms with Crippen molar-refractivity contribution in [2.24, 2.45) is 5.84 Å². The molecule has 2 rings (SSSR count). The number of nitrogens with one attached hydrogen (secondary N) is 1. The molecule has 1 fully saturated rings.